The van der Waals surface area contributed by atoms with Crippen LogP contribution in [-0.2, 0) is 11.2 Å². The summed E-state index contributed by atoms with van der Waals surface area (Å²) in [6.45, 7) is -0.876. The average Bonchev–Trinajstić information content (AvgIpc) is 2.45. The molecule has 1 rings (SSSR count). The van der Waals surface area contributed by atoms with Crippen molar-refractivity contribution < 1.29 is 35.4 Å². The molecule has 1 aromatic carbocycles. The van der Waals surface area contributed by atoms with Crippen LogP contribution in [-0.4, -0.2) is 67.1 Å². The first-order valence-corrected chi connectivity index (χ1v) is 5.97. The van der Waals surface area contributed by atoms with Gasteiger partial charge in [0.05, 0.1) is 6.61 Å². The third-order valence-corrected chi connectivity index (χ3v) is 3.08. The van der Waals surface area contributed by atoms with Crippen molar-refractivity contribution in [2.24, 2.45) is 0 Å². The maximum Gasteiger partial charge on any atom is 0.338 e. The van der Waals surface area contributed by atoms with Crippen LogP contribution in [0, 0.1) is 0 Å². The van der Waals surface area contributed by atoms with Crippen LogP contribution in [0.1, 0.15) is 5.56 Å². The molecule has 0 aliphatic rings. The number of benzene rings is 1. The van der Waals surface area contributed by atoms with E-state index in [4.69, 9.17) is 10.2 Å². The molecule has 0 spiro atoms. The highest BCUT2D eigenvalue weighted by Crippen LogP contribution is 2.22. The van der Waals surface area contributed by atoms with Crippen molar-refractivity contribution in [1.29, 1.82) is 0 Å². The second-order valence-corrected chi connectivity index (χ2v) is 4.58. The second-order valence-electron chi connectivity index (χ2n) is 4.58. The number of aliphatic hydroxyl groups excluding tert-OH is 4. The van der Waals surface area contributed by atoms with Crippen LogP contribution in [0.3, 0.4) is 0 Å². The molecule has 1 aromatic rings. The number of hydrogen-bond acceptors (Lipinski definition) is 6. The molecule has 0 fully saturated rings. The maximum absolute atomic E-state index is 11.2. The van der Waals surface area contributed by atoms with Gasteiger partial charge in [0.25, 0.3) is 0 Å². The minimum atomic E-state index is -2.68. The number of carboxylic acid groups (broad SMARTS) is 1. The molecule has 112 valence electrons. The molecule has 0 radical (unpaired) electrons. The van der Waals surface area contributed by atoms with Gasteiger partial charge < -0.3 is 30.6 Å². The van der Waals surface area contributed by atoms with Crippen molar-refractivity contribution in [2.75, 3.05) is 6.61 Å². The normalized spacial score (nSPS) is 18.9. The van der Waals surface area contributed by atoms with Gasteiger partial charge in [0.15, 0.2) is 5.60 Å². The minimum absolute atomic E-state index is 0.433. The smallest absolute Gasteiger partial charge is 0.338 e. The van der Waals surface area contributed by atoms with Crippen LogP contribution >= 0.6 is 0 Å². The molecule has 0 aliphatic heterocycles. The van der Waals surface area contributed by atoms with E-state index in [1.807, 2.05) is 0 Å². The zero-order valence-electron chi connectivity index (χ0n) is 10.6. The fourth-order valence-corrected chi connectivity index (χ4v) is 1.81. The van der Waals surface area contributed by atoms with Gasteiger partial charge >= 0.3 is 5.97 Å². The van der Waals surface area contributed by atoms with E-state index < -0.39 is 42.9 Å². The van der Waals surface area contributed by atoms with Gasteiger partial charge in [-0.2, -0.15) is 0 Å². The highest BCUT2D eigenvalue weighted by Gasteiger charge is 2.48. The standard InChI is InChI=1S/C13H18O7/c14-7-9(15)10(16)11(17)13(20,12(18)19)6-8-4-2-1-3-5-8/h1-5,9-11,14-17,20H,6-7H2,(H,18,19). The number of aliphatic carboxylic acids is 1. The number of carboxylic acids is 1. The lowest BCUT2D eigenvalue weighted by atomic mass is 9.85. The third-order valence-electron chi connectivity index (χ3n) is 3.08. The van der Waals surface area contributed by atoms with Gasteiger partial charge in [-0.15, -0.1) is 0 Å². The van der Waals surface area contributed by atoms with Crippen molar-refractivity contribution in [3.05, 3.63) is 35.9 Å². The molecule has 4 unspecified atom stereocenters. The van der Waals surface area contributed by atoms with Crippen molar-refractivity contribution in [2.45, 2.75) is 30.3 Å². The van der Waals surface area contributed by atoms with Gasteiger partial charge in [-0.1, -0.05) is 30.3 Å². The molecule has 0 saturated carbocycles. The first kappa shape index (κ1) is 16.5. The number of carbonyl (C=O) groups is 1. The molecule has 0 aliphatic carbocycles. The SMILES string of the molecule is O=C(O)C(O)(Cc1ccccc1)C(O)C(O)C(O)CO. The Morgan fingerprint density at radius 2 is 1.70 bits per heavy atom. The number of aliphatic hydroxyl groups is 5. The maximum atomic E-state index is 11.2. The number of rotatable bonds is 7. The Bertz CT molecular complexity index is 436. The van der Waals surface area contributed by atoms with E-state index in [9.17, 15) is 25.2 Å². The Kier molecular flexibility index (Phi) is 5.61. The summed E-state index contributed by atoms with van der Waals surface area (Å²) in [5.74, 6) is -1.74. The molecule has 0 amide bonds. The largest absolute Gasteiger partial charge is 0.479 e. The quantitative estimate of drug-likeness (QED) is 0.345. The van der Waals surface area contributed by atoms with Crippen LogP contribution < -0.4 is 0 Å². The summed E-state index contributed by atoms with van der Waals surface area (Å²) >= 11 is 0. The van der Waals surface area contributed by atoms with Crippen LogP contribution in [0.15, 0.2) is 30.3 Å². The minimum Gasteiger partial charge on any atom is -0.479 e. The van der Waals surface area contributed by atoms with Crippen molar-refractivity contribution in [1.82, 2.24) is 0 Å². The average molecular weight is 286 g/mol. The molecule has 0 heterocycles. The van der Waals surface area contributed by atoms with Gasteiger partial charge in [0.1, 0.15) is 18.3 Å². The van der Waals surface area contributed by atoms with Gasteiger partial charge in [-0.25, -0.2) is 4.79 Å². The van der Waals surface area contributed by atoms with Crippen LogP contribution in [0.25, 0.3) is 0 Å². The Morgan fingerprint density at radius 3 is 2.15 bits per heavy atom. The first-order valence-electron chi connectivity index (χ1n) is 5.97. The van der Waals surface area contributed by atoms with E-state index in [1.54, 1.807) is 30.3 Å². The second kappa shape index (κ2) is 6.78. The summed E-state index contributed by atoms with van der Waals surface area (Å²) in [4.78, 5) is 11.2. The van der Waals surface area contributed by atoms with Crippen molar-refractivity contribution in [3.8, 4) is 0 Å². The van der Waals surface area contributed by atoms with Crippen molar-refractivity contribution in [3.63, 3.8) is 0 Å². The third kappa shape index (κ3) is 3.53. The van der Waals surface area contributed by atoms with E-state index in [0.717, 1.165) is 0 Å². The first-order chi connectivity index (χ1) is 9.32. The summed E-state index contributed by atoms with van der Waals surface area (Å²) in [6, 6.07) is 8.06. The summed E-state index contributed by atoms with van der Waals surface area (Å²) < 4.78 is 0. The topological polar surface area (TPSA) is 138 Å². The predicted octanol–water partition coefficient (Wildman–Crippen LogP) is -1.88. The van der Waals surface area contributed by atoms with Crippen LogP contribution in [0.5, 0.6) is 0 Å². The highest BCUT2D eigenvalue weighted by molar-refractivity contribution is 5.78. The molecule has 0 bridgehead atoms. The number of hydrogen-bond donors (Lipinski definition) is 6. The summed E-state index contributed by atoms with van der Waals surface area (Å²) in [7, 11) is 0. The molecule has 7 nitrogen and oxygen atoms in total. The van der Waals surface area contributed by atoms with Gasteiger partial charge in [0, 0.05) is 6.42 Å². The summed E-state index contributed by atoms with van der Waals surface area (Å²) in [6.07, 6.45) is -6.38. The van der Waals surface area contributed by atoms with Gasteiger partial charge in [-0.05, 0) is 5.56 Å². The molecule has 0 aromatic heterocycles. The summed E-state index contributed by atoms with van der Waals surface area (Å²) in [5.41, 5.74) is -2.25. The van der Waals surface area contributed by atoms with E-state index >= 15 is 0 Å². The molecule has 7 heteroatoms. The van der Waals surface area contributed by atoms with E-state index in [1.165, 1.54) is 0 Å². The molecule has 0 saturated heterocycles. The highest BCUT2D eigenvalue weighted by atomic mass is 16.4. The van der Waals surface area contributed by atoms with Crippen LogP contribution in [0.4, 0.5) is 0 Å². The van der Waals surface area contributed by atoms with Crippen molar-refractivity contribution >= 4 is 5.97 Å². The van der Waals surface area contributed by atoms with E-state index in [2.05, 4.69) is 0 Å². The Balaban J connectivity index is 3.00. The lowest BCUT2D eigenvalue weighted by Crippen LogP contribution is -2.59. The Labute approximate surface area is 115 Å². The van der Waals surface area contributed by atoms with E-state index in [-0.39, 0.29) is 0 Å². The monoisotopic (exact) mass is 286 g/mol. The van der Waals surface area contributed by atoms with Gasteiger partial charge in [-0.3, -0.25) is 0 Å². The lowest BCUT2D eigenvalue weighted by Gasteiger charge is -2.33. The molecule has 6 N–H and O–H groups in total. The Hall–Kier alpha value is -1.51. The zero-order chi connectivity index (χ0) is 15.3. The molecular formula is C13H18O7. The fourth-order valence-electron chi connectivity index (χ4n) is 1.81. The fraction of sp³-hybridized carbons (Fsp3) is 0.462. The predicted molar refractivity (Wildman–Crippen MR) is 67.8 cm³/mol. The molecular weight excluding hydrogens is 268 g/mol. The van der Waals surface area contributed by atoms with Gasteiger partial charge in [0.2, 0.25) is 0 Å². The zero-order valence-corrected chi connectivity index (χ0v) is 10.6. The summed E-state index contributed by atoms with van der Waals surface area (Å²) in [5, 5.41) is 56.6. The van der Waals surface area contributed by atoms with Crippen LogP contribution in [0.2, 0.25) is 0 Å². The molecule has 4 atom stereocenters. The lowest BCUT2D eigenvalue weighted by molar-refractivity contribution is -0.190. The molecule has 20 heavy (non-hydrogen) atoms. The van der Waals surface area contributed by atoms with E-state index in [0.29, 0.717) is 5.56 Å². The Morgan fingerprint density at radius 1 is 1.15 bits per heavy atom.